The summed E-state index contributed by atoms with van der Waals surface area (Å²) in [5, 5.41) is -0.396. The summed E-state index contributed by atoms with van der Waals surface area (Å²) in [6, 6.07) is 0. The number of unbranched alkanes of at least 4 members (excludes halogenated alkanes) is 2. The van der Waals surface area contributed by atoms with E-state index in [-0.39, 0.29) is 35.5 Å². The summed E-state index contributed by atoms with van der Waals surface area (Å²) in [4.78, 5) is 22.3. The van der Waals surface area contributed by atoms with Gasteiger partial charge < -0.3 is 9.47 Å². The lowest BCUT2D eigenvalue weighted by Gasteiger charge is -2.07. The van der Waals surface area contributed by atoms with E-state index in [2.05, 4.69) is 0 Å². The normalized spacial score (nSPS) is 13.7. The van der Waals surface area contributed by atoms with Gasteiger partial charge in [-0.05, 0) is 33.1 Å². The lowest BCUT2D eigenvalue weighted by atomic mass is 10.2. The van der Waals surface area contributed by atoms with Crippen LogP contribution in [-0.4, -0.2) is 35.9 Å². The highest BCUT2D eigenvalue weighted by Gasteiger charge is 2.08. The fourth-order valence-corrected chi connectivity index (χ4v) is 1.58. The first-order chi connectivity index (χ1) is 8.91. The van der Waals surface area contributed by atoms with E-state index in [0.717, 1.165) is 19.3 Å². The Bertz CT molecular complexity index is 241. The van der Waals surface area contributed by atoms with Crippen molar-refractivity contribution in [3.05, 3.63) is 0 Å². The minimum atomic E-state index is -0.273. The molecule has 0 bridgehead atoms. The first kappa shape index (κ1) is 18.5. The molecule has 0 saturated heterocycles. The first-order valence-electron chi connectivity index (χ1n) is 6.51. The molecule has 0 N–H and O–H groups in total. The van der Waals surface area contributed by atoms with E-state index in [1.807, 2.05) is 0 Å². The molecule has 112 valence electrons. The Morgan fingerprint density at radius 1 is 0.842 bits per heavy atom. The van der Waals surface area contributed by atoms with Gasteiger partial charge in [0.1, 0.15) is 0 Å². The molecule has 0 rings (SSSR count). The number of hydrogen-bond donors (Lipinski definition) is 0. The fourth-order valence-electron chi connectivity index (χ4n) is 1.33. The second-order valence-electron chi connectivity index (χ2n) is 4.47. The van der Waals surface area contributed by atoms with Gasteiger partial charge in [-0.2, -0.15) is 0 Å². The molecule has 19 heavy (non-hydrogen) atoms. The van der Waals surface area contributed by atoms with Crippen molar-refractivity contribution in [2.24, 2.45) is 0 Å². The van der Waals surface area contributed by atoms with Crippen molar-refractivity contribution in [2.75, 3.05) is 13.2 Å². The quantitative estimate of drug-likeness (QED) is 0.353. The minimum Gasteiger partial charge on any atom is -0.466 e. The van der Waals surface area contributed by atoms with Crippen molar-refractivity contribution < 1.29 is 19.1 Å². The molecular weight excluding hydrogens is 291 g/mol. The van der Waals surface area contributed by atoms with E-state index < -0.39 is 0 Å². The van der Waals surface area contributed by atoms with Crippen LogP contribution in [0.25, 0.3) is 0 Å². The highest BCUT2D eigenvalue weighted by atomic mass is 35.5. The Morgan fingerprint density at radius 3 is 1.53 bits per heavy atom. The van der Waals surface area contributed by atoms with E-state index >= 15 is 0 Å². The average Bonchev–Trinajstić information content (AvgIpc) is 2.25. The lowest BCUT2D eigenvalue weighted by molar-refractivity contribution is -0.144. The van der Waals surface area contributed by atoms with Crippen molar-refractivity contribution in [3.63, 3.8) is 0 Å². The third kappa shape index (κ3) is 13.7. The number of carbonyl (C=O) groups is 2. The van der Waals surface area contributed by atoms with Gasteiger partial charge in [-0.25, -0.2) is 0 Å². The van der Waals surface area contributed by atoms with Crippen molar-refractivity contribution in [2.45, 2.75) is 56.7 Å². The van der Waals surface area contributed by atoms with Crippen LogP contribution in [-0.2, 0) is 19.1 Å². The summed E-state index contributed by atoms with van der Waals surface area (Å²) in [5.74, 6) is -0.546. The summed E-state index contributed by atoms with van der Waals surface area (Å²) in [5.41, 5.74) is 0. The molecule has 0 amide bonds. The van der Waals surface area contributed by atoms with E-state index in [4.69, 9.17) is 32.7 Å². The van der Waals surface area contributed by atoms with Crippen LogP contribution in [0.5, 0.6) is 0 Å². The van der Waals surface area contributed by atoms with Crippen LogP contribution in [0, 0.1) is 0 Å². The maximum atomic E-state index is 11.1. The molecule has 0 radical (unpaired) electrons. The summed E-state index contributed by atoms with van der Waals surface area (Å²) in [6.07, 6.45) is 2.82. The van der Waals surface area contributed by atoms with Crippen LogP contribution >= 0.6 is 23.2 Å². The van der Waals surface area contributed by atoms with Crippen LogP contribution in [0.15, 0.2) is 0 Å². The van der Waals surface area contributed by atoms with Crippen molar-refractivity contribution in [1.29, 1.82) is 0 Å². The number of halogens is 2. The summed E-state index contributed by atoms with van der Waals surface area (Å²) >= 11 is 11.3. The summed E-state index contributed by atoms with van der Waals surface area (Å²) < 4.78 is 9.97. The van der Waals surface area contributed by atoms with E-state index in [1.165, 1.54) is 0 Å². The number of alkyl halides is 2. The minimum absolute atomic E-state index is 0.198. The average molecular weight is 313 g/mol. The Morgan fingerprint density at radius 2 is 1.21 bits per heavy atom. The summed E-state index contributed by atoms with van der Waals surface area (Å²) in [7, 11) is 0. The van der Waals surface area contributed by atoms with Gasteiger partial charge in [0.05, 0.1) is 26.1 Å². The predicted molar refractivity (Wildman–Crippen MR) is 75.6 cm³/mol. The standard InChI is InChI=1S/C13H22Cl2O4/c1-10(14)8-12(16)18-6-4-3-5-7-19-13(17)9-11(2)15/h10-11H,3-9H2,1-2H3. The van der Waals surface area contributed by atoms with Gasteiger partial charge >= 0.3 is 11.9 Å². The molecule has 0 aromatic rings. The number of rotatable bonds is 10. The van der Waals surface area contributed by atoms with Crippen LogP contribution < -0.4 is 0 Å². The molecule has 0 heterocycles. The van der Waals surface area contributed by atoms with Crippen LogP contribution in [0.2, 0.25) is 0 Å². The molecule has 2 unspecified atom stereocenters. The SMILES string of the molecule is CC(Cl)CC(=O)OCCCCCOC(=O)CC(C)Cl. The Labute approximate surface area is 124 Å². The van der Waals surface area contributed by atoms with E-state index in [9.17, 15) is 9.59 Å². The summed E-state index contributed by atoms with van der Waals surface area (Å²) in [6.45, 7) is 4.27. The molecule has 0 aliphatic carbocycles. The highest BCUT2D eigenvalue weighted by molar-refractivity contribution is 6.21. The number of ether oxygens (including phenoxy) is 2. The molecule has 2 atom stereocenters. The second kappa shape index (κ2) is 11.4. The lowest BCUT2D eigenvalue weighted by Crippen LogP contribution is -2.11. The van der Waals surface area contributed by atoms with Crippen LogP contribution in [0.3, 0.4) is 0 Å². The van der Waals surface area contributed by atoms with Crippen LogP contribution in [0.4, 0.5) is 0 Å². The number of hydrogen-bond acceptors (Lipinski definition) is 4. The van der Waals surface area contributed by atoms with Crippen LogP contribution in [0.1, 0.15) is 46.0 Å². The molecule has 4 nitrogen and oxygen atoms in total. The van der Waals surface area contributed by atoms with E-state index in [0.29, 0.717) is 13.2 Å². The van der Waals surface area contributed by atoms with Gasteiger partial charge in [0.15, 0.2) is 0 Å². The molecule has 0 saturated carbocycles. The van der Waals surface area contributed by atoms with Crippen molar-refractivity contribution >= 4 is 35.1 Å². The smallest absolute Gasteiger partial charge is 0.307 e. The van der Waals surface area contributed by atoms with Crippen molar-refractivity contribution in [3.8, 4) is 0 Å². The van der Waals surface area contributed by atoms with Gasteiger partial charge in [-0.1, -0.05) is 0 Å². The number of esters is 2. The molecule has 0 aromatic heterocycles. The molecule has 0 aliphatic rings. The Kier molecular flexibility index (Phi) is 11.1. The molecule has 0 fully saturated rings. The highest BCUT2D eigenvalue weighted by Crippen LogP contribution is 2.04. The maximum absolute atomic E-state index is 11.1. The molecule has 6 heteroatoms. The molecule has 0 aliphatic heterocycles. The van der Waals surface area contributed by atoms with Gasteiger partial charge in [0.2, 0.25) is 0 Å². The second-order valence-corrected chi connectivity index (χ2v) is 5.96. The molecular formula is C13H22Cl2O4. The predicted octanol–water partition coefficient (Wildman–Crippen LogP) is 3.28. The number of carbonyl (C=O) groups excluding carboxylic acids is 2. The Balaban J connectivity index is 3.32. The van der Waals surface area contributed by atoms with Gasteiger partial charge in [-0.15, -0.1) is 23.2 Å². The third-order valence-electron chi connectivity index (χ3n) is 2.21. The topological polar surface area (TPSA) is 52.6 Å². The first-order valence-corrected chi connectivity index (χ1v) is 7.38. The monoisotopic (exact) mass is 312 g/mol. The van der Waals surface area contributed by atoms with Gasteiger partial charge in [0, 0.05) is 10.8 Å². The van der Waals surface area contributed by atoms with E-state index in [1.54, 1.807) is 13.8 Å². The third-order valence-corrected chi connectivity index (χ3v) is 2.52. The maximum Gasteiger partial charge on any atom is 0.307 e. The zero-order chi connectivity index (χ0) is 14.7. The molecule has 0 aromatic carbocycles. The van der Waals surface area contributed by atoms with Crippen molar-refractivity contribution in [1.82, 2.24) is 0 Å². The zero-order valence-electron chi connectivity index (χ0n) is 11.5. The fraction of sp³-hybridized carbons (Fsp3) is 0.846. The van der Waals surface area contributed by atoms with Gasteiger partial charge in [0.25, 0.3) is 0 Å². The Hall–Kier alpha value is -0.480. The zero-order valence-corrected chi connectivity index (χ0v) is 13.0. The largest absolute Gasteiger partial charge is 0.466 e. The van der Waals surface area contributed by atoms with Gasteiger partial charge in [-0.3, -0.25) is 9.59 Å². The molecule has 0 spiro atoms.